The van der Waals surface area contributed by atoms with Gasteiger partial charge in [0.2, 0.25) is 0 Å². The Morgan fingerprint density at radius 3 is 2.18 bits per heavy atom. The van der Waals surface area contributed by atoms with E-state index in [-0.39, 0.29) is 72.2 Å². The summed E-state index contributed by atoms with van der Waals surface area (Å²) in [6, 6.07) is 28.0. The molecule has 1 aliphatic rings. The Kier molecular flexibility index (Phi) is 17.0. The Balaban J connectivity index is 1.12. The normalized spacial score (nSPS) is 13.9. The van der Waals surface area contributed by atoms with Crippen molar-refractivity contribution < 1.29 is 41.4 Å². The minimum Gasteiger partial charge on any atom is -0.463 e. The second-order valence-corrected chi connectivity index (χ2v) is 17.4. The van der Waals surface area contributed by atoms with Crippen LogP contribution in [0, 0.1) is 29.6 Å². The van der Waals surface area contributed by atoms with E-state index < -0.39 is 41.6 Å². The first-order valence-electron chi connectivity index (χ1n) is 21.5. The van der Waals surface area contributed by atoms with E-state index in [1.54, 1.807) is 69.3 Å². The summed E-state index contributed by atoms with van der Waals surface area (Å²) in [7, 11) is 1.48. The maximum atomic E-state index is 14.5. The third-order valence-corrected chi connectivity index (χ3v) is 12.5. The molecule has 352 valence electrons. The molecule has 2 heterocycles. The third kappa shape index (κ3) is 11.8. The number of alkyl halides is 4. The molecular formula is C50H47F4N6O6PS. The molecule has 0 radical (unpaired) electrons. The first kappa shape index (κ1) is 50.6. The predicted molar refractivity (Wildman–Crippen MR) is 252 cm³/mol. The Bertz CT molecular complexity index is 2840. The average molecular weight is 967 g/mol. The topological polar surface area (TPSA) is 158 Å². The van der Waals surface area contributed by atoms with Crippen molar-refractivity contribution in [3.63, 3.8) is 0 Å². The Morgan fingerprint density at radius 2 is 1.53 bits per heavy atom. The van der Waals surface area contributed by atoms with Crippen molar-refractivity contribution in [1.29, 1.82) is 10.5 Å². The number of carbonyl (C=O) groups excluding carboxylic acids is 3. The van der Waals surface area contributed by atoms with Gasteiger partial charge in [0.1, 0.15) is 5.56 Å². The monoisotopic (exact) mass is 966 g/mol. The summed E-state index contributed by atoms with van der Waals surface area (Å²) >= 11 is 1.24. The van der Waals surface area contributed by atoms with E-state index >= 15 is 0 Å². The minimum absolute atomic E-state index is 0.0263. The molecule has 0 saturated carbocycles. The lowest BCUT2D eigenvalue weighted by molar-refractivity contribution is -0.139. The van der Waals surface area contributed by atoms with Crippen LogP contribution < -0.4 is 15.8 Å². The van der Waals surface area contributed by atoms with Gasteiger partial charge >= 0.3 is 12.0 Å². The number of anilines is 1. The number of amides is 3. The van der Waals surface area contributed by atoms with Crippen molar-refractivity contribution >= 4 is 44.6 Å². The van der Waals surface area contributed by atoms with Gasteiger partial charge in [0.25, 0.3) is 23.6 Å². The van der Waals surface area contributed by atoms with Crippen LogP contribution in [0.1, 0.15) is 89.4 Å². The van der Waals surface area contributed by atoms with Crippen LogP contribution in [0.2, 0.25) is 0 Å². The maximum Gasteiger partial charge on any atom is 0.338 e. The number of halogens is 4. The summed E-state index contributed by atoms with van der Waals surface area (Å²) < 4.78 is 68.8. The van der Waals surface area contributed by atoms with Crippen LogP contribution in [-0.2, 0) is 19.9 Å². The van der Waals surface area contributed by atoms with Gasteiger partial charge in [-0.05, 0) is 112 Å². The molecule has 68 heavy (non-hydrogen) atoms. The van der Waals surface area contributed by atoms with Gasteiger partial charge < -0.3 is 19.7 Å². The van der Waals surface area contributed by atoms with Crippen LogP contribution >= 0.6 is 21.0 Å². The maximum absolute atomic E-state index is 14.5. The number of benzene rings is 4. The lowest BCUT2D eigenvalue weighted by Gasteiger charge is -2.43. The Labute approximate surface area is 397 Å². The van der Waals surface area contributed by atoms with E-state index in [9.17, 15) is 47.3 Å². The molecule has 4 aromatic carbocycles. The van der Waals surface area contributed by atoms with Crippen LogP contribution in [-0.4, -0.2) is 60.3 Å². The zero-order valence-electron chi connectivity index (χ0n) is 37.3. The molecule has 12 nitrogen and oxygen atoms in total. The molecule has 1 N–H and O–H groups in total. The Morgan fingerprint density at radius 1 is 0.868 bits per heavy atom. The molecule has 2 atom stereocenters. The number of hydrogen-bond acceptors (Lipinski definition) is 9. The number of rotatable bonds is 19. The second kappa shape index (κ2) is 22.8. The molecule has 0 saturated heterocycles. The standard InChI is InChI=1S/C50H47F4N6O6PS/c1-4-66-48(63)43-32(3)60(38-12-8-10-36(26-38)45(51)52)49(64)58(44(43)35-18-14-33(29-55)15-19-35)23-6-5-7-24-65-25-22-57-46(61)41-28-42(68-40-20-16-34(30-56)17-21-40)31(2)59(47(41)62)39-13-9-11-37(27-39)50(53,54)67/h8-21,26-28,44-45H,4-7,22-25,67H2,1-3H3,(H,57,61). The zero-order chi connectivity index (χ0) is 49.1. The number of ether oxygens (including phenoxy) is 2. The van der Waals surface area contributed by atoms with E-state index in [0.29, 0.717) is 51.4 Å². The molecule has 0 aliphatic carbocycles. The molecule has 5 aromatic rings. The summed E-state index contributed by atoms with van der Waals surface area (Å²) in [6.07, 6.45) is -1.27. The molecule has 1 aliphatic heterocycles. The summed E-state index contributed by atoms with van der Waals surface area (Å²) in [4.78, 5) is 59.6. The number of unbranched alkanes of at least 4 members (excludes halogenated alkanes) is 2. The van der Waals surface area contributed by atoms with Crippen LogP contribution in [0.3, 0.4) is 0 Å². The van der Waals surface area contributed by atoms with Crippen LogP contribution in [0.25, 0.3) is 5.69 Å². The molecule has 3 amide bonds. The van der Waals surface area contributed by atoms with E-state index in [4.69, 9.17) is 9.47 Å². The van der Waals surface area contributed by atoms with Crippen molar-refractivity contribution in [2.75, 3.05) is 37.8 Å². The van der Waals surface area contributed by atoms with Gasteiger partial charge in [0, 0.05) is 57.7 Å². The number of nitrogens with zero attached hydrogens (tertiary/aromatic N) is 5. The largest absolute Gasteiger partial charge is 0.463 e. The van der Waals surface area contributed by atoms with Gasteiger partial charge in [-0.25, -0.2) is 18.4 Å². The third-order valence-electron chi connectivity index (χ3n) is 11.0. The van der Waals surface area contributed by atoms with Crippen molar-refractivity contribution in [3.05, 3.63) is 164 Å². The van der Waals surface area contributed by atoms with Gasteiger partial charge in [-0.15, -0.1) is 0 Å². The quantitative estimate of drug-likeness (QED) is 0.0368. The first-order valence-corrected chi connectivity index (χ1v) is 22.9. The van der Waals surface area contributed by atoms with Crippen LogP contribution in [0.15, 0.2) is 129 Å². The van der Waals surface area contributed by atoms with Crippen LogP contribution in [0.5, 0.6) is 0 Å². The molecule has 1 aromatic heterocycles. The second-order valence-electron chi connectivity index (χ2n) is 15.6. The minimum atomic E-state index is -3.27. The number of aromatic nitrogens is 1. The highest BCUT2D eigenvalue weighted by Gasteiger charge is 2.43. The highest BCUT2D eigenvalue weighted by molar-refractivity contribution is 7.99. The lowest BCUT2D eigenvalue weighted by Crippen LogP contribution is -2.51. The molecule has 0 spiro atoms. The van der Waals surface area contributed by atoms with Crippen molar-refractivity contribution in [2.45, 2.75) is 68.0 Å². The molecule has 0 bridgehead atoms. The molecule has 18 heteroatoms. The fourth-order valence-electron chi connectivity index (χ4n) is 7.67. The fraction of sp³-hybridized carbons (Fsp3) is 0.280. The van der Waals surface area contributed by atoms with Crippen molar-refractivity contribution in [1.82, 2.24) is 14.8 Å². The smallest absolute Gasteiger partial charge is 0.338 e. The number of urea groups is 1. The van der Waals surface area contributed by atoms with Crippen molar-refractivity contribution in [3.8, 4) is 17.8 Å². The molecule has 0 fully saturated rings. The number of hydrogen-bond donors (Lipinski definition) is 1. The number of esters is 1. The summed E-state index contributed by atoms with van der Waals surface area (Å²) in [5, 5.41) is 21.4. The first-order chi connectivity index (χ1) is 32.6. The summed E-state index contributed by atoms with van der Waals surface area (Å²) in [5.41, 5.74) is -2.42. The highest BCUT2D eigenvalue weighted by Crippen LogP contribution is 2.41. The van der Waals surface area contributed by atoms with Gasteiger partial charge in [0.15, 0.2) is 0 Å². The fourth-order valence-corrected chi connectivity index (χ4v) is 8.79. The molecule has 2 unspecified atom stereocenters. The zero-order valence-corrected chi connectivity index (χ0v) is 39.3. The average Bonchev–Trinajstić information content (AvgIpc) is 3.32. The van der Waals surface area contributed by atoms with Crippen LogP contribution in [0.4, 0.5) is 28.0 Å². The van der Waals surface area contributed by atoms with Gasteiger partial charge in [-0.2, -0.15) is 19.3 Å². The summed E-state index contributed by atoms with van der Waals surface area (Å²) in [6.45, 7) is 5.42. The van der Waals surface area contributed by atoms with Gasteiger partial charge in [-0.1, -0.05) is 57.4 Å². The van der Waals surface area contributed by atoms with Crippen molar-refractivity contribution in [2.24, 2.45) is 0 Å². The highest BCUT2D eigenvalue weighted by atomic mass is 32.2. The van der Waals surface area contributed by atoms with E-state index in [1.807, 2.05) is 0 Å². The number of allylic oxidation sites excluding steroid dienone is 1. The number of pyridine rings is 1. The number of nitriles is 2. The van der Waals surface area contributed by atoms with Gasteiger partial charge in [0.05, 0.1) is 53.8 Å². The SMILES string of the molecule is CCOC(=O)C1=C(C)N(c2cccc(C(F)F)c2)C(=O)N(CCCCCOCCNC(=O)c2cc(Sc3ccc(C#N)cc3)c(C)n(-c3cccc(C(F)(F)P)c3)c2=O)C1c1ccc(C#N)cc1. The number of carbonyl (C=O) groups is 3. The number of nitrogens with one attached hydrogen (secondary N) is 1. The molecule has 6 rings (SSSR count). The van der Waals surface area contributed by atoms with E-state index in [0.717, 1.165) is 0 Å². The summed E-state index contributed by atoms with van der Waals surface area (Å²) in [5.74, 6) is -1.39. The van der Waals surface area contributed by atoms with E-state index in [1.165, 1.54) is 90.0 Å². The molecular weight excluding hydrogens is 920 g/mol. The predicted octanol–water partition coefficient (Wildman–Crippen LogP) is 10.3. The Hall–Kier alpha value is -6.78. The van der Waals surface area contributed by atoms with Gasteiger partial charge in [-0.3, -0.25) is 19.1 Å². The lowest BCUT2D eigenvalue weighted by atomic mass is 9.92. The van der Waals surface area contributed by atoms with E-state index in [2.05, 4.69) is 17.5 Å².